The van der Waals surface area contributed by atoms with Crippen LogP contribution in [0.25, 0.3) is 0 Å². The molecule has 246 valence electrons. The van der Waals surface area contributed by atoms with E-state index in [1.165, 1.54) is 30.7 Å². The van der Waals surface area contributed by atoms with Gasteiger partial charge in [-0.1, -0.05) is 175 Å². The SMILES string of the molecule is CC.CC.CC.CC.Cc1cccc2c1Sc1ccccc1S2.Cc1ccccc1.S=S(Cl)Cl.[Cl][Al]([Cl])[Cl].c1ccccc1. The normalized spacial score (nSPS) is 8.91. The van der Waals surface area contributed by atoms with Gasteiger partial charge >= 0.3 is 11.4 Å². The van der Waals surface area contributed by atoms with Gasteiger partial charge in [0.2, 0.25) is 0 Å². The maximum Gasteiger partial charge on any atom is 0.643 e. The highest BCUT2D eigenvalue weighted by molar-refractivity contribution is 8.54. The van der Waals surface area contributed by atoms with Crippen LogP contribution in [0.2, 0.25) is 0 Å². The molecule has 0 saturated heterocycles. The summed E-state index contributed by atoms with van der Waals surface area (Å²) in [6.45, 7) is 20.3. The van der Waals surface area contributed by atoms with E-state index in [9.17, 15) is 0 Å². The van der Waals surface area contributed by atoms with E-state index >= 15 is 0 Å². The highest BCUT2D eigenvalue weighted by atomic mass is 36.0. The van der Waals surface area contributed by atoms with Crippen LogP contribution in [0.3, 0.4) is 0 Å². The van der Waals surface area contributed by atoms with Crippen molar-refractivity contribution in [2.24, 2.45) is 0 Å². The number of benzene rings is 4. The Morgan fingerprint density at radius 1 is 0.500 bits per heavy atom. The van der Waals surface area contributed by atoms with Gasteiger partial charge in [0.15, 0.2) is 0 Å². The van der Waals surface area contributed by atoms with Gasteiger partial charge < -0.3 is 0 Å². The Balaban J connectivity index is -0.000000236. The molecule has 1 aliphatic rings. The molecule has 5 rings (SSSR count). The third-order valence-corrected chi connectivity index (χ3v) is 6.78. The van der Waals surface area contributed by atoms with Crippen LogP contribution in [-0.4, -0.2) is 11.4 Å². The lowest BCUT2D eigenvalue weighted by Gasteiger charge is -2.19. The number of hydrogen-bond donors (Lipinski definition) is 0. The van der Waals surface area contributed by atoms with Crippen LogP contribution in [0.4, 0.5) is 0 Å². The van der Waals surface area contributed by atoms with E-state index in [-0.39, 0.29) is 0 Å². The first-order valence-corrected chi connectivity index (χ1v) is 25.1. The Kier molecular flexibility index (Phi) is 45.5. The van der Waals surface area contributed by atoms with Crippen molar-refractivity contribution in [3.63, 3.8) is 0 Å². The monoisotopic (exact) mass is 786 g/mol. The van der Waals surface area contributed by atoms with Crippen LogP contribution in [0.15, 0.2) is 129 Å². The Morgan fingerprint density at radius 2 is 0.795 bits per heavy atom. The van der Waals surface area contributed by atoms with Gasteiger partial charge in [-0.3, -0.25) is 0 Å². The van der Waals surface area contributed by atoms with Crippen molar-refractivity contribution >= 4 is 105 Å². The zero-order valence-electron chi connectivity index (χ0n) is 27.5. The van der Waals surface area contributed by atoms with Gasteiger partial charge in [0.05, 0.1) is 7.88 Å². The summed E-state index contributed by atoms with van der Waals surface area (Å²) in [6, 6.07) is 37.4. The summed E-state index contributed by atoms with van der Waals surface area (Å²) in [4.78, 5) is 5.56. The average Bonchev–Trinajstić information content (AvgIpc) is 3.06. The van der Waals surface area contributed by atoms with Crippen LogP contribution in [0, 0.1) is 13.8 Å². The quantitative estimate of drug-likeness (QED) is 0.113. The van der Waals surface area contributed by atoms with Crippen molar-refractivity contribution in [1.29, 1.82) is 0 Å². The Bertz CT molecular complexity index is 1120. The Morgan fingerprint density at radius 3 is 1.14 bits per heavy atom. The molecule has 4 aromatic rings. The molecule has 0 nitrogen and oxygen atoms in total. The predicted molar refractivity (Wildman–Crippen MR) is 219 cm³/mol. The van der Waals surface area contributed by atoms with Crippen molar-refractivity contribution in [2.45, 2.75) is 88.8 Å². The van der Waals surface area contributed by atoms with Crippen LogP contribution in [-0.2, 0) is 19.1 Å². The molecule has 1 aliphatic heterocycles. The topological polar surface area (TPSA) is 0 Å². The molecule has 0 radical (unpaired) electrons. The lowest BCUT2D eigenvalue weighted by Crippen LogP contribution is -1.90. The fourth-order valence-corrected chi connectivity index (χ4v) is 4.99. The smallest absolute Gasteiger partial charge is 0.214 e. The largest absolute Gasteiger partial charge is 0.643 e. The third-order valence-electron chi connectivity index (χ3n) is 4.06. The molecule has 0 bridgehead atoms. The first-order valence-electron chi connectivity index (χ1n) is 14.4. The van der Waals surface area contributed by atoms with E-state index in [0.29, 0.717) is 0 Å². The second-order valence-corrected chi connectivity index (χ2v) is 20.2. The summed E-state index contributed by atoms with van der Waals surface area (Å²) in [5.41, 5.74) is 2.70. The van der Waals surface area contributed by atoms with Crippen LogP contribution in [0.1, 0.15) is 66.5 Å². The Labute approximate surface area is 311 Å². The van der Waals surface area contributed by atoms with Crippen molar-refractivity contribution < 1.29 is 0 Å². The summed E-state index contributed by atoms with van der Waals surface area (Å²) in [7, 11) is 23.8. The minimum absolute atomic E-state index is 0.833. The van der Waals surface area contributed by atoms with E-state index < -0.39 is 19.3 Å². The minimum atomic E-state index is -1.72. The average molecular weight is 789 g/mol. The highest BCUT2D eigenvalue weighted by Gasteiger charge is 2.17. The lowest BCUT2D eigenvalue weighted by molar-refractivity contribution is 1.12. The van der Waals surface area contributed by atoms with Gasteiger partial charge in [0.25, 0.3) is 0 Å². The molecule has 0 fully saturated rings. The molecular weight excluding hydrogens is 741 g/mol. The van der Waals surface area contributed by atoms with E-state index in [1.54, 1.807) is 0 Å². The second-order valence-electron chi connectivity index (χ2n) is 6.79. The second kappa shape index (κ2) is 39.3. The minimum Gasteiger partial charge on any atom is -0.214 e. The molecule has 10 heteroatoms. The van der Waals surface area contributed by atoms with E-state index in [2.05, 4.69) is 79.6 Å². The molecule has 44 heavy (non-hydrogen) atoms. The van der Waals surface area contributed by atoms with Gasteiger partial charge in [0.1, 0.15) is 0 Å². The summed E-state index contributed by atoms with van der Waals surface area (Å²) >= 11 is 6.22. The Hall–Kier alpha value is 0.132. The first-order chi connectivity index (χ1) is 21.2. The number of halogens is 5. The standard InChI is InChI=1S/C13H10S2.C7H8.C6H6.4C2H6.Al.Cl2S2.3ClH/c1-9-5-4-8-12-13(9)15-11-7-3-2-6-10(11)14-12;1-7-5-3-2-4-6-7;1-2-4-6-5-3-1;4*1-2;;1-4(2)3;;;/h2-8H,1H3;2-6H,1H3;1-6H;4*1-2H3;;;3*1H/q;;;;;;;+3;;;;/p-3. The lowest BCUT2D eigenvalue weighted by atomic mass is 10.2. The molecule has 0 N–H and O–H groups in total. The molecule has 0 aliphatic carbocycles. The number of aryl methyl sites for hydroxylation is 2. The van der Waals surface area contributed by atoms with Gasteiger partial charge in [-0.25, -0.2) is 30.1 Å². The number of rotatable bonds is 0. The summed E-state index contributed by atoms with van der Waals surface area (Å²) in [5, 5.41) is 0. The molecule has 1 heterocycles. The zero-order chi connectivity index (χ0) is 34.8. The van der Waals surface area contributed by atoms with Gasteiger partial charge in [-0.2, -0.15) is 0 Å². The highest BCUT2D eigenvalue weighted by Crippen LogP contribution is 2.49. The van der Waals surface area contributed by atoms with Gasteiger partial charge in [0, 0.05) is 19.6 Å². The van der Waals surface area contributed by atoms with Crippen LogP contribution >= 0.6 is 75.0 Å². The molecule has 0 aromatic heterocycles. The van der Waals surface area contributed by atoms with E-state index in [4.69, 9.17) is 51.5 Å². The van der Waals surface area contributed by atoms with E-state index in [0.717, 1.165) is 0 Å². The predicted octanol–water partition coefficient (Wildman–Crippen LogP) is 15.5. The molecule has 0 amide bonds. The van der Waals surface area contributed by atoms with Gasteiger partial charge in [-0.15, -0.1) is 0 Å². The molecule has 0 spiro atoms. The zero-order valence-corrected chi connectivity index (χ0v) is 35.7. The molecule has 0 unspecified atom stereocenters. The third kappa shape index (κ3) is 32.1. The fourth-order valence-electron chi connectivity index (χ4n) is 2.60. The summed E-state index contributed by atoms with van der Waals surface area (Å²) in [5.74, 6) is 0. The maximum atomic E-state index is 4.94. The number of fused-ring (bicyclic) bond motifs is 2. The van der Waals surface area contributed by atoms with Crippen molar-refractivity contribution in [3.8, 4) is 0 Å². The molecule has 0 atom stereocenters. The molecular formula is C34H48AlCl5S4. The summed E-state index contributed by atoms with van der Waals surface area (Å²) < 4.78 is 0. The summed E-state index contributed by atoms with van der Waals surface area (Å²) in [6.07, 6.45) is 0. The molecule has 4 aromatic carbocycles. The fraction of sp³-hybridized carbons (Fsp3) is 0.294. The van der Waals surface area contributed by atoms with Crippen LogP contribution < -0.4 is 0 Å². The van der Waals surface area contributed by atoms with E-state index in [1.807, 2.05) is 134 Å². The van der Waals surface area contributed by atoms with Crippen molar-refractivity contribution in [2.75, 3.05) is 0 Å². The van der Waals surface area contributed by atoms with Crippen molar-refractivity contribution in [1.82, 2.24) is 0 Å². The molecule has 0 saturated carbocycles. The van der Waals surface area contributed by atoms with Crippen LogP contribution in [0.5, 0.6) is 0 Å². The first kappa shape index (κ1) is 51.0. The number of hydrogen-bond acceptors (Lipinski definition) is 3. The maximum absolute atomic E-state index is 4.94. The van der Waals surface area contributed by atoms with Gasteiger partial charge in [-0.05, 0) is 70.2 Å². The van der Waals surface area contributed by atoms with Crippen molar-refractivity contribution in [3.05, 3.63) is 120 Å².